The molecule has 7 N–H and O–H groups in total. The molecule has 1 saturated heterocycles. The zero-order chi connectivity index (χ0) is 21.1. The first-order valence-electron chi connectivity index (χ1n) is 7.73. The number of carbonyl (C=O) groups excluding carboxylic acids is 3. The van der Waals surface area contributed by atoms with E-state index < -0.39 is 40.7 Å². The van der Waals surface area contributed by atoms with Crippen LogP contribution in [-0.4, -0.2) is 62.3 Å². The summed E-state index contributed by atoms with van der Waals surface area (Å²) in [5, 5.41) is 18.8. The number of aromatic nitrogens is 1. The van der Waals surface area contributed by atoms with Gasteiger partial charge in [0.2, 0.25) is 17.4 Å². The summed E-state index contributed by atoms with van der Waals surface area (Å²) in [7, 11) is 0. The number of amides is 3. The minimum Gasteiger partial charge on any atom is -0.478 e. The molecule has 1 aliphatic heterocycles. The number of rotatable bonds is 9. The number of primary amides is 1. The molecule has 2 heterocycles. The molecule has 0 spiro atoms. The first-order valence-corrected chi connectivity index (χ1v) is 9.66. The predicted octanol–water partition coefficient (Wildman–Crippen LogP) is -1.53. The van der Waals surface area contributed by atoms with Crippen molar-refractivity contribution in [3.8, 4) is 0 Å². The van der Waals surface area contributed by atoms with Crippen LogP contribution >= 0.6 is 23.1 Å². The number of aliphatic carboxylic acids is 1. The van der Waals surface area contributed by atoms with Gasteiger partial charge in [-0.05, 0) is 13.8 Å². The molecule has 14 heteroatoms. The van der Waals surface area contributed by atoms with Crippen LogP contribution in [0.5, 0.6) is 0 Å². The zero-order valence-electron chi connectivity index (χ0n) is 14.8. The summed E-state index contributed by atoms with van der Waals surface area (Å²) in [6.45, 7) is 2.50. The average molecular weight is 430 g/mol. The van der Waals surface area contributed by atoms with Gasteiger partial charge >= 0.3 is 5.97 Å². The molecule has 0 radical (unpaired) electrons. The Bertz CT molecular complexity index is 838. The molecular formula is C14H18N6O6S2. The van der Waals surface area contributed by atoms with Crippen LogP contribution in [0.15, 0.2) is 10.5 Å². The minimum absolute atomic E-state index is 0.0448. The van der Waals surface area contributed by atoms with Crippen molar-refractivity contribution in [2.24, 2.45) is 10.9 Å². The summed E-state index contributed by atoms with van der Waals surface area (Å²) in [6, 6.07) is -0.939. The molecule has 0 aromatic carbocycles. The maximum Gasteiger partial charge on any atom is 0.350 e. The molecule has 12 nitrogen and oxygen atoms in total. The summed E-state index contributed by atoms with van der Waals surface area (Å²) < 4.78 is 0. The lowest BCUT2D eigenvalue weighted by Gasteiger charge is -2.36. The third-order valence-corrected chi connectivity index (χ3v) is 5.30. The molecule has 0 aliphatic carbocycles. The molecule has 152 valence electrons. The highest BCUT2D eigenvalue weighted by atomic mass is 32.2. The number of carboxylic acid groups (broad SMARTS) is 1. The third-order valence-electron chi connectivity index (χ3n) is 3.42. The van der Waals surface area contributed by atoms with E-state index >= 15 is 0 Å². The molecule has 0 bridgehead atoms. The van der Waals surface area contributed by atoms with Crippen molar-refractivity contribution < 1.29 is 29.1 Å². The van der Waals surface area contributed by atoms with Crippen LogP contribution in [0.25, 0.3) is 0 Å². The molecule has 2 rings (SSSR count). The summed E-state index contributed by atoms with van der Waals surface area (Å²) in [4.78, 5) is 55.4. The number of nitrogens with zero attached hydrogens (tertiary/aromatic N) is 2. The van der Waals surface area contributed by atoms with Crippen LogP contribution in [0, 0.1) is 0 Å². The second kappa shape index (κ2) is 8.43. The molecule has 2 atom stereocenters. The predicted molar refractivity (Wildman–Crippen MR) is 101 cm³/mol. The van der Waals surface area contributed by atoms with E-state index in [0.29, 0.717) is 0 Å². The Morgan fingerprint density at radius 3 is 2.68 bits per heavy atom. The second-order valence-corrected chi connectivity index (χ2v) is 8.09. The first-order chi connectivity index (χ1) is 13.0. The van der Waals surface area contributed by atoms with Gasteiger partial charge in [-0.3, -0.25) is 14.4 Å². The lowest BCUT2D eigenvalue weighted by molar-refractivity contribution is -0.161. The van der Waals surface area contributed by atoms with Crippen molar-refractivity contribution in [1.29, 1.82) is 0 Å². The third kappa shape index (κ3) is 5.10. The van der Waals surface area contributed by atoms with E-state index in [1.165, 1.54) is 19.2 Å². The van der Waals surface area contributed by atoms with E-state index in [1.807, 2.05) is 0 Å². The zero-order valence-corrected chi connectivity index (χ0v) is 16.4. The van der Waals surface area contributed by atoms with Crippen LogP contribution in [0.4, 0.5) is 5.13 Å². The fraction of sp³-hybridized carbons (Fsp3) is 0.429. The number of anilines is 1. The van der Waals surface area contributed by atoms with Crippen molar-refractivity contribution >= 4 is 57.6 Å². The number of nitrogens with two attached hydrogens (primary N) is 2. The molecule has 1 fully saturated rings. The van der Waals surface area contributed by atoms with Crippen molar-refractivity contribution in [2.45, 2.75) is 30.9 Å². The number of nitrogen functional groups attached to an aromatic ring is 1. The van der Waals surface area contributed by atoms with Crippen LogP contribution in [0.2, 0.25) is 0 Å². The largest absolute Gasteiger partial charge is 0.478 e. The van der Waals surface area contributed by atoms with E-state index in [2.05, 4.69) is 20.8 Å². The standard InChI is InChI=1S/C14H18N6O6S2/c1-14(2,12(24)25)26-20-7(5-3-28-13(16)17-5)9(22)18-8-10(23)19-11(8)27-4-6(15)21/h3,8,11H,4H2,1-2H3,(H2,15,21)(H2,16,17)(H,18,22)(H,19,23)(H,24,25). The quantitative estimate of drug-likeness (QED) is 0.175. The van der Waals surface area contributed by atoms with Gasteiger partial charge in [0, 0.05) is 5.38 Å². The molecule has 2 unspecified atom stereocenters. The van der Waals surface area contributed by atoms with Gasteiger partial charge < -0.3 is 32.0 Å². The number of oxime groups is 1. The molecule has 0 saturated carbocycles. The Balaban J connectivity index is 2.18. The van der Waals surface area contributed by atoms with Crippen molar-refractivity contribution in [3.63, 3.8) is 0 Å². The molecule has 1 aromatic heterocycles. The number of carboxylic acids is 1. The monoisotopic (exact) mass is 430 g/mol. The van der Waals surface area contributed by atoms with Crippen molar-refractivity contribution in [3.05, 3.63) is 11.1 Å². The maximum absolute atomic E-state index is 12.6. The van der Waals surface area contributed by atoms with E-state index in [9.17, 15) is 19.2 Å². The highest BCUT2D eigenvalue weighted by Gasteiger charge is 2.42. The number of hydrogen-bond acceptors (Lipinski definition) is 10. The normalized spacial score (nSPS) is 19.4. The van der Waals surface area contributed by atoms with E-state index in [-0.39, 0.29) is 22.3 Å². The molecule has 3 amide bonds. The second-order valence-electron chi connectivity index (χ2n) is 6.08. The van der Waals surface area contributed by atoms with E-state index in [4.69, 9.17) is 21.4 Å². The van der Waals surface area contributed by atoms with Gasteiger partial charge in [-0.2, -0.15) is 0 Å². The summed E-state index contributed by atoms with van der Waals surface area (Å²) in [5.41, 5.74) is 8.65. The number of hydrogen-bond donors (Lipinski definition) is 5. The van der Waals surface area contributed by atoms with E-state index in [1.54, 1.807) is 0 Å². The SMILES string of the molecule is CC(C)(ON=C(C(=O)NC1C(=O)NC1SCC(N)=O)c1csc(N)n1)C(=O)O. The van der Waals surface area contributed by atoms with Crippen LogP contribution < -0.4 is 22.1 Å². The van der Waals surface area contributed by atoms with Crippen LogP contribution in [0.1, 0.15) is 19.5 Å². The summed E-state index contributed by atoms with van der Waals surface area (Å²) in [5.74, 6) is -3.19. The van der Waals surface area contributed by atoms with Gasteiger partial charge in [-0.1, -0.05) is 5.16 Å². The minimum atomic E-state index is -1.71. The maximum atomic E-state index is 12.6. The van der Waals surface area contributed by atoms with Gasteiger partial charge in [0.25, 0.3) is 5.91 Å². The number of thiazole rings is 1. The highest BCUT2D eigenvalue weighted by molar-refractivity contribution is 8.00. The van der Waals surface area contributed by atoms with Crippen LogP contribution in [-0.2, 0) is 24.0 Å². The molecule has 28 heavy (non-hydrogen) atoms. The van der Waals surface area contributed by atoms with E-state index in [0.717, 1.165) is 23.1 Å². The summed E-state index contributed by atoms with van der Waals surface area (Å²) in [6.07, 6.45) is 0. The first kappa shape index (κ1) is 21.4. The Morgan fingerprint density at radius 2 is 2.18 bits per heavy atom. The fourth-order valence-electron chi connectivity index (χ4n) is 1.81. The number of nitrogens with one attached hydrogen (secondary N) is 2. The van der Waals surface area contributed by atoms with Gasteiger partial charge in [0.15, 0.2) is 10.8 Å². The molecule has 1 aliphatic rings. The van der Waals surface area contributed by atoms with Crippen LogP contribution in [0.3, 0.4) is 0 Å². The van der Waals surface area contributed by atoms with Crippen molar-refractivity contribution in [2.75, 3.05) is 11.5 Å². The number of carbonyl (C=O) groups is 4. The Hall–Kier alpha value is -2.87. The Morgan fingerprint density at radius 1 is 1.50 bits per heavy atom. The molecular weight excluding hydrogens is 412 g/mol. The van der Waals surface area contributed by atoms with Gasteiger partial charge in [0.05, 0.1) is 5.75 Å². The Labute approximate surface area is 167 Å². The van der Waals surface area contributed by atoms with Gasteiger partial charge in [-0.25, -0.2) is 9.78 Å². The fourth-order valence-corrected chi connectivity index (χ4v) is 3.29. The topological polar surface area (TPSA) is 199 Å². The lowest BCUT2D eigenvalue weighted by atomic mass is 10.1. The average Bonchev–Trinajstić information content (AvgIpc) is 3.02. The Kier molecular flexibility index (Phi) is 6.45. The highest BCUT2D eigenvalue weighted by Crippen LogP contribution is 2.20. The number of thioether (sulfide) groups is 1. The smallest absolute Gasteiger partial charge is 0.350 e. The van der Waals surface area contributed by atoms with Gasteiger partial charge in [0.1, 0.15) is 17.1 Å². The molecule has 1 aromatic rings. The number of β-lactam (4-membered cyclic amide) rings is 1. The van der Waals surface area contributed by atoms with Crippen molar-refractivity contribution in [1.82, 2.24) is 15.6 Å². The summed E-state index contributed by atoms with van der Waals surface area (Å²) >= 11 is 2.09. The lowest BCUT2D eigenvalue weighted by Crippen LogP contribution is -2.68. The van der Waals surface area contributed by atoms with Gasteiger partial charge in [-0.15, -0.1) is 23.1 Å².